The van der Waals surface area contributed by atoms with E-state index in [1.807, 2.05) is 78.9 Å². The topological polar surface area (TPSA) is 73.2 Å². The second kappa shape index (κ2) is 10.0. The third-order valence-electron chi connectivity index (χ3n) is 5.41. The molecule has 1 heterocycles. The van der Waals surface area contributed by atoms with Crippen LogP contribution in [0, 0.1) is 0 Å². The van der Waals surface area contributed by atoms with E-state index in [4.69, 9.17) is 4.74 Å². The molecule has 1 N–H and O–H groups in total. The van der Waals surface area contributed by atoms with Crippen molar-refractivity contribution in [3.8, 4) is 0 Å². The molecule has 1 amide bonds. The Morgan fingerprint density at radius 2 is 1.47 bits per heavy atom. The number of aromatic nitrogens is 2. The highest BCUT2D eigenvalue weighted by molar-refractivity contribution is 5.88. The number of fused-ring (bicyclic) bond motifs is 1. The van der Waals surface area contributed by atoms with Crippen molar-refractivity contribution >= 4 is 16.7 Å². The third kappa shape index (κ3) is 4.60. The Hall–Kier alpha value is -3.77. The highest BCUT2D eigenvalue weighted by atomic mass is 16.5. The predicted molar refractivity (Wildman–Crippen MR) is 124 cm³/mol. The molecular weight excluding hydrogens is 402 g/mol. The molecule has 0 aliphatic rings. The molecule has 4 aromatic rings. The molecule has 0 saturated carbocycles. The summed E-state index contributed by atoms with van der Waals surface area (Å²) in [6, 6.07) is 26.7. The summed E-state index contributed by atoms with van der Waals surface area (Å²) >= 11 is 0. The number of rotatable bonds is 8. The van der Waals surface area contributed by atoms with Crippen LogP contribution in [0.15, 0.2) is 89.7 Å². The van der Waals surface area contributed by atoms with Gasteiger partial charge in [-0.15, -0.1) is 0 Å². The number of amides is 1. The van der Waals surface area contributed by atoms with Gasteiger partial charge in [0, 0.05) is 12.5 Å². The van der Waals surface area contributed by atoms with Gasteiger partial charge in [0.1, 0.15) is 0 Å². The van der Waals surface area contributed by atoms with Gasteiger partial charge >= 0.3 is 0 Å². The number of hydrogen-bond acceptors (Lipinski definition) is 4. The standard InChI is InChI=1S/C26H25N3O3/c1-32-17-16-29-26(31)22-15-9-8-14-21(22)23(28-29)18-27-25(30)24(19-10-4-2-5-11-19)20-12-6-3-7-13-20/h2-15,24H,16-18H2,1H3,(H,27,30). The molecule has 0 radical (unpaired) electrons. The van der Waals surface area contributed by atoms with Gasteiger partial charge in [-0.1, -0.05) is 78.9 Å². The first-order valence-corrected chi connectivity index (χ1v) is 10.5. The largest absolute Gasteiger partial charge is 0.383 e. The van der Waals surface area contributed by atoms with Gasteiger partial charge in [0.2, 0.25) is 5.91 Å². The van der Waals surface area contributed by atoms with E-state index in [1.165, 1.54) is 4.68 Å². The van der Waals surface area contributed by atoms with Crippen molar-refractivity contribution in [2.24, 2.45) is 0 Å². The first-order valence-electron chi connectivity index (χ1n) is 10.5. The number of hydrogen-bond donors (Lipinski definition) is 1. The van der Waals surface area contributed by atoms with Gasteiger partial charge in [-0.05, 0) is 17.2 Å². The number of nitrogens with one attached hydrogen (secondary N) is 1. The van der Waals surface area contributed by atoms with E-state index in [0.29, 0.717) is 24.2 Å². The number of carbonyl (C=O) groups is 1. The zero-order valence-electron chi connectivity index (χ0n) is 17.9. The number of benzene rings is 3. The van der Waals surface area contributed by atoms with Crippen LogP contribution in [-0.2, 0) is 22.6 Å². The molecule has 0 aliphatic heterocycles. The maximum atomic E-state index is 13.4. The smallest absolute Gasteiger partial charge is 0.274 e. The van der Waals surface area contributed by atoms with Crippen LogP contribution in [-0.4, -0.2) is 29.4 Å². The van der Waals surface area contributed by atoms with Crippen LogP contribution in [0.25, 0.3) is 10.8 Å². The van der Waals surface area contributed by atoms with E-state index in [1.54, 1.807) is 13.2 Å². The van der Waals surface area contributed by atoms with E-state index in [0.717, 1.165) is 16.5 Å². The van der Waals surface area contributed by atoms with Crippen LogP contribution < -0.4 is 10.9 Å². The minimum atomic E-state index is -0.442. The number of nitrogens with zero attached hydrogens (tertiary/aromatic N) is 2. The zero-order valence-corrected chi connectivity index (χ0v) is 17.9. The number of ether oxygens (including phenoxy) is 1. The first-order chi connectivity index (χ1) is 15.7. The van der Waals surface area contributed by atoms with Crippen LogP contribution in [0.3, 0.4) is 0 Å². The molecule has 0 saturated heterocycles. The van der Waals surface area contributed by atoms with E-state index >= 15 is 0 Å². The molecule has 0 unspecified atom stereocenters. The van der Waals surface area contributed by atoms with Crippen molar-refractivity contribution in [2.75, 3.05) is 13.7 Å². The summed E-state index contributed by atoms with van der Waals surface area (Å²) in [5.74, 6) is -0.564. The van der Waals surface area contributed by atoms with Crippen molar-refractivity contribution in [2.45, 2.75) is 19.0 Å². The van der Waals surface area contributed by atoms with Gasteiger partial charge in [-0.2, -0.15) is 5.10 Å². The fourth-order valence-electron chi connectivity index (χ4n) is 3.82. The van der Waals surface area contributed by atoms with Crippen molar-refractivity contribution in [3.63, 3.8) is 0 Å². The molecule has 0 fully saturated rings. The van der Waals surface area contributed by atoms with Gasteiger partial charge < -0.3 is 10.1 Å². The summed E-state index contributed by atoms with van der Waals surface area (Å²) in [4.78, 5) is 26.1. The van der Waals surface area contributed by atoms with Crippen LogP contribution >= 0.6 is 0 Å². The second-order valence-corrected chi connectivity index (χ2v) is 7.49. The molecule has 0 spiro atoms. The molecule has 162 valence electrons. The van der Waals surface area contributed by atoms with E-state index in [-0.39, 0.29) is 18.0 Å². The Labute approximate surface area is 186 Å². The van der Waals surface area contributed by atoms with Crippen molar-refractivity contribution in [1.82, 2.24) is 15.1 Å². The van der Waals surface area contributed by atoms with Crippen molar-refractivity contribution < 1.29 is 9.53 Å². The minimum Gasteiger partial charge on any atom is -0.383 e. The van der Waals surface area contributed by atoms with E-state index in [9.17, 15) is 9.59 Å². The molecule has 1 aromatic heterocycles. The highest BCUT2D eigenvalue weighted by Crippen LogP contribution is 2.25. The minimum absolute atomic E-state index is 0.122. The van der Waals surface area contributed by atoms with Crippen LogP contribution in [0.1, 0.15) is 22.7 Å². The molecule has 4 rings (SSSR count). The summed E-state index contributed by atoms with van der Waals surface area (Å²) in [6.07, 6.45) is 0. The van der Waals surface area contributed by atoms with E-state index < -0.39 is 5.92 Å². The van der Waals surface area contributed by atoms with Crippen LogP contribution in [0.2, 0.25) is 0 Å². The van der Waals surface area contributed by atoms with Gasteiger partial charge in [-0.3, -0.25) is 9.59 Å². The van der Waals surface area contributed by atoms with Gasteiger partial charge in [0.25, 0.3) is 5.56 Å². The Morgan fingerprint density at radius 1 is 0.906 bits per heavy atom. The quantitative estimate of drug-likeness (QED) is 0.467. The molecular formula is C26H25N3O3. The average molecular weight is 428 g/mol. The zero-order chi connectivity index (χ0) is 22.3. The van der Waals surface area contributed by atoms with E-state index in [2.05, 4.69) is 10.4 Å². The van der Waals surface area contributed by atoms with Gasteiger partial charge in [0.05, 0.1) is 36.7 Å². The Bertz CT molecular complexity index is 1210. The average Bonchev–Trinajstić information content (AvgIpc) is 2.84. The molecule has 6 heteroatoms. The van der Waals surface area contributed by atoms with Crippen LogP contribution in [0.4, 0.5) is 0 Å². The summed E-state index contributed by atoms with van der Waals surface area (Å²) in [7, 11) is 1.58. The molecule has 32 heavy (non-hydrogen) atoms. The SMILES string of the molecule is COCCn1nc(CNC(=O)C(c2ccccc2)c2ccccc2)c2ccccc2c1=O. The normalized spacial score (nSPS) is 11.1. The molecule has 0 bridgehead atoms. The van der Waals surface area contributed by atoms with Gasteiger partial charge in [-0.25, -0.2) is 4.68 Å². The summed E-state index contributed by atoms with van der Waals surface area (Å²) in [6.45, 7) is 0.932. The fourth-order valence-corrected chi connectivity index (χ4v) is 3.82. The number of methoxy groups -OCH3 is 1. The van der Waals surface area contributed by atoms with Gasteiger partial charge in [0.15, 0.2) is 0 Å². The lowest BCUT2D eigenvalue weighted by atomic mass is 9.90. The highest BCUT2D eigenvalue weighted by Gasteiger charge is 2.23. The monoisotopic (exact) mass is 427 g/mol. The molecule has 3 aromatic carbocycles. The summed E-state index contributed by atoms with van der Waals surface area (Å²) in [5, 5.41) is 8.88. The predicted octanol–water partition coefficient (Wildman–Crippen LogP) is 3.49. The maximum absolute atomic E-state index is 13.4. The first kappa shape index (κ1) is 21.5. The Kier molecular flexibility index (Phi) is 6.72. The lowest BCUT2D eigenvalue weighted by Gasteiger charge is -2.18. The summed E-state index contributed by atoms with van der Waals surface area (Å²) in [5.41, 5.74) is 2.31. The molecule has 6 nitrogen and oxygen atoms in total. The fraction of sp³-hybridized carbons (Fsp3) is 0.192. The lowest BCUT2D eigenvalue weighted by Crippen LogP contribution is -2.32. The Balaban J connectivity index is 1.65. The Morgan fingerprint density at radius 3 is 2.06 bits per heavy atom. The number of carbonyl (C=O) groups excluding carboxylic acids is 1. The molecule has 0 atom stereocenters. The maximum Gasteiger partial charge on any atom is 0.274 e. The van der Waals surface area contributed by atoms with Crippen LogP contribution in [0.5, 0.6) is 0 Å². The van der Waals surface area contributed by atoms with Crippen molar-refractivity contribution in [3.05, 3.63) is 112 Å². The second-order valence-electron chi connectivity index (χ2n) is 7.49. The third-order valence-corrected chi connectivity index (χ3v) is 5.41. The lowest BCUT2D eigenvalue weighted by molar-refractivity contribution is -0.121. The molecule has 0 aliphatic carbocycles. The summed E-state index contributed by atoms with van der Waals surface area (Å²) < 4.78 is 6.51. The van der Waals surface area contributed by atoms with Crippen molar-refractivity contribution in [1.29, 1.82) is 0 Å².